The molecule has 7 heteroatoms. The van der Waals surface area contributed by atoms with Crippen LogP contribution in [-0.2, 0) is 9.53 Å². The number of hydrogen-bond donors (Lipinski definition) is 1. The van der Waals surface area contributed by atoms with Crippen LogP contribution in [0.15, 0.2) is 51.8 Å². The Morgan fingerprint density at radius 3 is 2.62 bits per heavy atom. The Kier molecular flexibility index (Phi) is 6.39. The lowest BCUT2D eigenvalue weighted by molar-refractivity contribution is -0.123. The molecule has 1 atom stereocenters. The predicted molar refractivity (Wildman–Crippen MR) is 95.8 cm³/mol. The van der Waals surface area contributed by atoms with Gasteiger partial charge in [0.15, 0.2) is 6.10 Å². The Balaban J connectivity index is 2.04. The van der Waals surface area contributed by atoms with Gasteiger partial charge >= 0.3 is 5.97 Å². The van der Waals surface area contributed by atoms with Crippen molar-refractivity contribution in [1.82, 2.24) is 0 Å². The van der Waals surface area contributed by atoms with Crippen molar-refractivity contribution in [2.75, 3.05) is 11.6 Å². The zero-order chi connectivity index (χ0) is 17.7. The van der Waals surface area contributed by atoms with E-state index in [1.165, 1.54) is 30.8 Å². The maximum Gasteiger partial charge on any atom is 0.340 e. The molecule has 0 aliphatic carbocycles. The van der Waals surface area contributed by atoms with E-state index in [0.717, 1.165) is 4.90 Å². The summed E-state index contributed by atoms with van der Waals surface area (Å²) in [6, 6.07) is 11.2. The smallest absolute Gasteiger partial charge is 0.340 e. The van der Waals surface area contributed by atoms with Gasteiger partial charge < -0.3 is 10.1 Å². The number of benzene rings is 2. The van der Waals surface area contributed by atoms with E-state index in [1.807, 2.05) is 12.3 Å². The number of rotatable bonds is 5. The summed E-state index contributed by atoms with van der Waals surface area (Å²) in [5, 5.41) is 2.41. The van der Waals surface area contributed by atoms with Crippen LogP contribution >= 0.6 is 27.7 Å². The first-order valence-corrected chi connectivity index (χ1v) is 9.04. The number of ether oxygens (including phenoxy) is 1. The lowest BCUT2D eigenvalue weighted by Crippen LogP contribution is -2.30. The van der Waals surface area contributed by atoms with Crippen LogP contribution in [0.4, 0.5) is 10.1 Å². The lowest BCUT2D eigenvalue weighted by Gasteiger charge is -2.15. The molecule has 1 N–H and O–H groups in total. The number of nitrogens with one attached hydrogen (secondary N) is 1. The van der Waals surface area contributed by atoms with Gasteiger partial charge in [-0.05, 0) is 43.5 Å². The minimum absolute atomic E-state index is 0.0237. The Morgan fingerprint density at radius 2 is 1.96 bits per heavy atom. The third-order valence-electron chi connectivity index (χ3n) is 3.17. The molecule has 0 bridgehead atoms. The van der Waals surface area contributed by atoms with Crippen LogP contribution in [0.2, 0.25) is 0 Å². The SMILES string of the molecule is CSc1ccccc1C(=O)O[C@H](C)C(=O)Nc1ccc(Br)cc1F. The van der Waals surface area contributed by atoms with Crippen LogP contribution in [0.25, 0.3) is 0 Å². The zero-order valence-corrected chi connectivity index (χ0v) is 15.4. The van der Waals surface area contributed by atoms with E-state index >= 15 is 0 Å². The van der Waals surface area contributed by atoms with Gasteiger partial charge in [-0.25, -0.2) is 9.18 Å². The molecule has 24 heavy (non-hydrogen) atoms. The van der Waals surface area contributed by atoms with Crippen molar-refractivity contribution in [3.63, 3.8) is 0 Å². The highest BCUT2D eigenvalue weighted by atomic mass is 79.9. The Bertz CT molecular complexity index is 769. The van der Waals surface area contributed by atoms with Gasteiger partial charge in [0.1, 0.15) is 5.82 Å². The van der Waals surface area contributed by atoms with Crippen LogP contribution in [0.5, 0.6) is 0 Å². The molecule has 2 rings (SSSR count). The summed E-state index contributed by atoms with van der Waals surface area (Å²) in [6.45, 7) is 1.44. The highest BCUT2D eigenvalue weighted by Gasteiger charge is 2.21. The quantitative estimate of drug-likeness (QED) is 0.581. The van der Waals surface area contributed by atoms with Crippen LogP contribution in [0.3, 0.4) is 0 Å². The van der Waals surface area contributed by atoms with E-state index in [1.54, 1.807) is 24.3 Å². The molecule has 0 saturated heterocycles. The van der Waals surface area contributed by atoms with E-state index in [9.17, 15) is 14.0 Å². The fraction of sp³-hybridized carbons (Fsp3) is 0.176. The van der Waals surface area contributed by atoms with E-state index in [0.29, 0.717) is 10.0 Å². The van der Waals surface area contributed by atoms with Gasteiger partial charge in [0.2, 0.25) is 0 Å². The molecule has 4 nitrogen and oxygen atoms in total. The molecule has 0 radical (unpaired) electrons. The largest absolute Gasteiger partial charge is 0.449 e. The molecule has 0 unspecified atom stereocenters. The van der Waals surface area contributed by atoms with Crippen LogP contribution in [0.1, 0.15) is 17.3 Å². The van der Waals surface area contributed by atoms with Crippen molar-refractivity contribution in [1.29, 1.82) is 0 Å². The van der Waals surface area contributed by atoms with Crippen LogP contribution in [-0.4, -0.2) is 24.2 Å². The molecule has 2 aromatic carbocycles. The number of thioether (sulfide) groups is 1. The normalized spacial score (nSPS) is 11.7. The number of carbonyl (C=O) groups is 2. The van der Waals surface area contributed by atoms with Gasteiger partial charge in [0, 0.05) is 9.37 Å². The topological polar surface area (TPSA) is 55.4 Å². The number of halogens is 2. The van der Waals surface area contributed by atoms with Crippen LogP contribution < -0.4 is 5.32 Å². The first kappa shape index (κ1) is 18.5. The highest BCUT2D eigenvalue weighted by molar-refractivity contribution is 9.10. The molecule has 0 saturated carbocycles. The van der Waals surface area contributed by atoms with E-state index < -0.39 is 23.8 Å². The molecule has 0 aromatic heterocycles. The molecule has 0 aliphatic rings. The van der Waals surface area contributed by atoms with Gasteiger partial charge in [-0.2, -0.15) is 0 Å². The Hall–Kier alpha value is -1.86. The van der Waals surface area contributed by atoms with Crippen molar-refractivity contribution >= 4 is 45.3 Å². The standard InChI is InChI=1S/C17H15BrFNO3S/c1-10(16(21)20-14-8-7-11(18)9-13(14)19)23-17(22)12-5-3-4-6-15(12)24-2/h3-10H,1-2H3,(H,20,21)/t10-/m1/s1. The zero-order valence-electron chi connectivity index (χ0n) is 13.0. The maximum atomic E-state index is 13.7. The Morgan fingerprint density at radius 1 is 1.25 bits per heavy atom. The molecule has 0 fully saturated rings. The second-order valence-electron chi connectivity index (χ2n) is 4.86. The van der Waals surface area contributed by atoms with E-state index in [-0.39, 0.29) is 5.69 Å². The summed E-state index contributed by atoms with van der Waals surface area (Å²) in [6.07, 6.45) is 0.786. The van der Waals surface area contributed by atoms with Gasteiger partial charge in [0.05, 0.1) is 11.3 Å². The molecule has 0 aliphatic heterocycles. The number of carbonyl (C=O) groups excluding carboxylic acids is 2. The number of esters is 1. The van der Waals surface area contributed by atoms with Crippen molar-refractivity contribution < 1.29 is 18.7 Å². The Labute approximate surface area is 151 Å². The molecule has 0 spiro atoms. The molecule has 2 aromatic rings. The monoisotopic (exact) mass is 411 g/mol. The average Bonchev–Trinajstić information content (AvgIpc) is 2.57. The first-order chi connectivity index (χ1) is 11.4. The molecular formula is C17H15BrFNO3S. The summed E-state index contributed by atoms with van der Waals surface area (Å²) in [7, 11) is 0. The fourth-order valence-electron chi connectivity index (χ4n) is 1.92. The van der Waals surface area contributed by atoms with Crippen molar-refractivity contribution in [2.45, 2.75) is 17.9 Å². The predicted octanol–water partition coefficient (Wildman–Crippen LogP) is 4.49. The summed E-state index contributed by atoms with van der Waals surface area (Å²) in [5.41, 5.74) is 0.412. The van der Waals surface area contributed by atoms with Gasteiger partial charge in [-0.1, -0.05) is 28.1 Å². The third-order valence-corrected chi connectivity index (χ3v) is 4.46. The highest BCUT2D eigenvalue weighted by Crippen LogP contribution is 2.22. The lowest BCUT2D eigenvalue weighted by atomic mass is 10.2. The molecular weight excluding hydrogens is 397 g/mol. The van der Waals surface area contributed by atoms with E-state index in [4.69, 9.17) is 4.74 Å². The molecule has 0 heterocycles. The summed E-state index contributed by atoms with van der Waals surface area (Å²) < 4.78 is 19.5. The second kappa shape index (κ2) is 8.30. The number of amides is 1. The maximum absolute atomic E-state index is 13.7. The summed E-state index contributed by atoms with van der Waals surface area (Å²) >= 11 is 4.55. The van der Waals surface area contributed by atoms with Gasteiger partial charge in [0.25, 0.3) is 5.91 Å². The van der Waals surface area contributed by atoms with E-state index in [2.05, 4.69) is 21.2 Å². The first-order valence-electron chi connectivity index (χ1n) is 7.02. The average molecular weight is 412 g/mol. The third kappa shape index (κ3) is 4.58. The van der Waals surface area contributed by atoms with Gasteiger partial charge in [-0.3, -0.25) is 4.79 Å². The van der Waals surface area contributed by atoms with Crippen molar-refractivity contribution in [2.24, 2.45) is 0 Å². The minimum Gasteiger partial charge on any atom is -0.449 e. The molecule has 1 amide bonds. The number of hydrogen-bond acceptors (Lipinski definition) is 4. The van der Waals surface area contributed by atoms with Crippen molar-refractivity contribution in [3.8, 4) is 0 Å². The second-order valence-corrected chi connectivity index (χ2v) is 6.62. The van der Waals surface area contributed by atoms with Gasteiger partial charge in [-0.15, -0.1) is 11.8 Å². The molecule has 126 valence electrons. The number of anilines is 1. The van der Waals surface area contributed by atoms with Crippen molar-refractivity contribution in [3.05, 3.63) is 58.3 Å². The summed E-state index contributed by atoms with van der Waals surface area (Å²) in [5.74, 6) is -1.78. The van der Waals surface area contributed by atoms with Crippen LogP contribution in [0, 0.1) is 5.82 Å². The fourth-order valence-corrected chi connectivity index (χ4v) is 2.84. The minimum atomic E-state index is -1.06. The summed E-state index contributed by atoms with van der Waals surface area (Å²) in [4.78, 5) is 25.1.